The van der Waals surface area contributed by atoms with Crippen LogP contribution in [0.4, 0.5) is 5.69 Å². The summed E-state index contributed by atoms with van der Waals surface area (Å²) in [5.41, 5.74) is 7.12. The molecule has 0 spiro atoms. The molecule has 0 fully saturated rings. The lowest BCUT2D eigenvalue weighted by Gasteiger charge is -2.27. The number of hydrogen-bond donors (Lipinski definition) is 0. The van der Waals surface area contributed by atoms with E-state index in [2.05, 4.69) is 97.8 Å². The highest BCUT2D eigenvalue weighted by atomic mass is 28.3. The monoisotopic (exact) mass is 484 g/mol. The highest BCUT2D eigenvalue weighted by Crippen LogP contribution is 2.36. The van der Waals surface area contributed by atoms with E-state index in [4.69, 9.17) is 6.57 Å². The molecule has 0 saturated heterocycles. The summed E-state index contributed by atoms with van der Waals surface area (Å²) < 4.78 is 0. The maximum absolute atomic E-state index is 9.23. The zero-order valence-electron chi connectivity index (χ0n) is 20.7. The van der Waals surface area contributed by atoms with Gasteiger partial charge in [-0.25, -0.2) is 4.85 Å². The fraction of sp³-hybridized carbons (Fsp3) is 0.161. The van der Waals surface area contributed by atoms with Gasteiger partial charge in [0.15, 0.2) is 5.69 Å². The van der Waals surface area contributed by atoms with Gasteiger partial charge in [-0.3, -0.25) is 0 Å². The van der Waals surface area contributed by atoms with Crippen LogP contribution in [0.15, 0.2) is 84.9 Å². The Morgan fingerprint density at radius 1 is 0.686 bits per heavy atom. The van der Waals surface area contributed by atoms with Gasteiger partial charge < -0.3 is 0 Å². The van der Waals surface area contributed by atoms with Crippen molar-refractivity contribution in [2.24, 2.45) is 0 Å². The first-order valence-corrected chi connectivity index (χ1v) is 18.0. The molecule has 0 atom stereocenters. The fourth-order valence-electron chi connectivity index (χ4n) is 5.63. The normalized spacial score (nSPS) is 12.4. The highest BCUT2D eigenvalue weighted by molar-refractivity contribution is 7.01. The van der Waals surface area contributed by atoms with Gasteiger partial charge >= 0.3 is 0 Å². The van der Waals surface area contributed by atoms with Crippen LogP contribution in [-0.4, -0.2) is 16.1 Å². The van der Waals surface area contributed by atoms with E-state index in [1.54, 1.807) is 0 Å². The molecule has 0 aliphatic heterocycles. The van der Waals surface area contributed by atoms with Gasteiger partial charge in [0.1, 0.15) is 16.1 Å². The maximum Gasteiger partial charge on any atom is 0.187 e. The van der Waals surface area contributed by atoms with Gasteiger partial charge in [-0.15, -0.1) is 0 Å². The standard InChI is InChI=1S/C31H28N2Si2/c1-33-23-14-18-25(19-15-23)35(4,5)31-11-7-9-27-26-8-6-10-30(28(26)20-29(27)31)34(2,3)24-16-12-22(21-32)13-17-24/h6-19H,20H2,2-5H3. The Labute approximate surface area is 210 Å². The fourth-order valence-corrected chi connectivity index (χ4v) is 11.2. The summed E-state index contributed by atoms with van der Waals surface area (Å²) in [4.78, 5) is 3.57. The average Bonchev–Trinajstić information content (AvgIpc) is 3.27. The van der Waals surface area contributed by atoms with E-state index >= 15 is 0 Å². The SMILES string of the molecule is [C-]#[N+]c1ccc([Si](C)(C)c2cccc3c2Cc2c-3cccc2[Si](C)(C)c2ccc(C#N)cc2)cc1. The van der Waals surface area contributed by atoms with E-state index in [9.17, 15) is 5.26 Å². The number of hydrogen-bond acceptors (Lipinski definition) is 1. The smallest absolute Gasteiger partial charge is 0.187 e. The lowest BCUT2D eigenvalue weighted by molar-refractivity contribution is 1.29. The largest absolute Gasteiger partial charge is 0.238 e. The molecule has 35 heavy (non-hydrogen) atoms. The van der Waals surface area contributed by atoms with Gasteiger partial charge in [-0.2, -0.15) is 5.26 Å². The first-order chi connectivity index (χ1) is 16.8. The number of nitriles is 1. The van der Waals surface area contributed by atoms with Crippen molar-refractivity contribution in [2.45, 2.75) is 32.6 Å². The minimum absolute atomic E-state index is 0.698. The molecule has 2 nitrogen and oxygen atoms in total. The first-order valence-electron chi connectivity index (χ1n) is 12.0. The molecule has 4 aromatic rings. The van der Waals surface area contributed by atoms with Crippen LogP contribution in [0.5, 0.6) is 0 Å². The Morgan fingerprint density at radius 3 is 1.57 bits per heavy atom. The first kappa shape index (κ1) is 23.1. The van der Waals surface area contributed by atoms with Gasteiger partial charge in [-0.05, 0) is 40.8 Å². The summed E-state index contributed by atoms with van der Waals surface area (Å²) in [6.07, 6.45) is 0.973. The molecule has 5 rings (SSSR count). The van der Waals surface area contributed by atoms with E-state index in [0.29, 0.717) is 11.3 Å². The molecule has 0 amide bonds. The van der Waals surface area contributed by atoms with Gasteiger partial charge in [0.2, 0.25) is 0 Å². The van der Waals surface area contributed by atoms with Crippen LogP contribution in [0.25, 0.3) is 16.0 Å². The number of nitrogens with zero attached hydrogens (tertiary/aromatic N) is 2. The van der Waals surface area contributed by atoms with Gasteiger partial charge in [-0.1, -0.05) is 120 Å². The van der Waals surface area contributed by atoms with Crippen molar-refractivity contribution in [3.63, 3.8) is 0 Å². The molecule has 0 bridgehead atoms. The minimum atomic E-state index is -1.95. The molecule has 0 aromatic heterocycles. The number of benzene rings is 4. The molecule has 0 unspecified atom stereocenters. The van der Waals surface area contributed by atoms with Crippen LogP contribution >= 0.6 is 0 Å². The Hall–Kier alpha value is -3.71. The number of fused-ring (bicyclic) bond motifs is 3. The molecule has 0 heterocycles. The maximum atomic E-state index is 9.23. The molecular weight excluding hydrogens is 457 g/mol. The van der Waals surface area contributed by atoms with Crippen molar-refractivity contribution < 1.29 is 0 Å². The zero-order chi connectivity index (χ0) is 24.8. The third-order valence-corrected chi connectivity index (χ3v) is 15.0. The Kier molecular flexibility index (Phi) is 5.60. The third-order valence-electron chi connectivity index (χ3n) is 7.80. The van der Waals surface area contributed by atoms with Gasteiger partial charge in [0, 0.05) is 0 Å². The lowest BCUT2D eigenvalue weighted by Crippen LogP contribution is -2.55. The van der Waals surface area contributed by atoms with Gasteiger partial charge in [0.05, 0.1) is 18.2 Å². The molecule has 4 aromatic carbocycles. The Balaban J connectivity index is 1.60. The van der Waals surface area contributed by atoms with E-state index in [0.717, 1.165) is 6.42 Å². The summed E-state index contributed by atoms with van der Waals surface area (Å²) in [6.45, 7) is 17.0. The molecule has 1 aliphatic rings. The number of rotatable bonds is 4. The van der Waals surface area contributed by atoms with Crippen molar-refractivity contribution >= 4 is 42.6 Å². The molecular formula is C31H28N2Si2. The second-order valence-corrected chi connectivity index (χ2v) is 19.2. The summed E-state index contributed by atoms with van der Waals surface area (Å²) in [6, 6.07) is 32.4. The summed E-state index contributed by atoms with van der Waals surface area (Å²) in [7, 11) is -3.90. The quantitative estimate of drug-likeness (QED) is 0.250. The van der Waals surface area contributed by atoms with E-state index < -0.39 is 16.1 Å². The van der Waals surface area contributed by atoms with E-state index in [1.807, 2.05) is 24.3 Å². The van der Waals surface area contributed by atoms with Crippen LogP contribution < -0.4 is 20.7 Å². The van der Waals surface area contributed by atoms with Crippen molar-refractivity contribution in [2.75, 3.05) is 0 Å². The lowest BCUT2D eigenvalue weighted by atomic mass is 10.1. The predicted molar refractivity (Wildman–Crippen MR) is 152 cm³/mol. The molecule has 0 N–H and O–H groups in total. The summed E-state index contributed by atoms with van der Waals surface area (Å²) in [5, 5.41) is 14.9. The molecule has 1 aliphatic carbocycles. The van der Waals surface area contributed by atoms with Crippen LogP contribution in [0.3, 0.4) is 0 Å². The minimum Gasteiger partial charge on any atom is -0.238 e. The second kappa shape index (κ2) is 8.50. The van der Waals surface area contributed by atoms with E-state index in [-0.39, 0.29) is 0 Å². The van der Waals surface area contributed by atoms with Crippen LogP contribution in [-0.2, 0) is 6.42 Å². The third kappa shape index (κ3) is 3.76. The predicted octanol–water partition coefficient (Wildman–Crippen LogP) is 5.33. The topological polar surface area (TPSA) is 28.1 Å². The van der Waals surface area contributed by atoms with Crippen molar-refractivity contribution in [3.8, 4) is 17.2 Å². The average molecular weight is 485 g/mol. The van der Waals surface area contributed by atoms with Crippen molar-refractivity contribution in [1.29, 1.82) is 5.26 Å². The highest BCUT2D eigenvalue weighted by Gasteiger charge is 2.36. The zero-order valence-corrected chi connectivity index (χ0v) is 22.7. The van der Waals surface area contributed by atoms with Crippen LogP contribution in [0.2, 0.25) is 26.2 Å². The Morgan fingerprint density at radius 2 is 1.14 bits per heavy atom. The molecule has 4 heteroatoms. The summed E-state index contributed by atoms with van der Waals surface area (Å²) in [5.74, 6) is 0. The van der Waals surface area contributed by atoms with E-state index in [1.165, 1.54) is 43.0 Å². The second-order valence-electron chi connectivity index (χ2n) is 10.4. The molecule has 0 saturated carbocycles. The van der Waals surface area contributed by atoms with Crippen LogP contribution in [0, 0.1) is 17.9 Å². The molecule has 0 radical (unpaired) electrons. The molecule has 170 valence electrons. The van der Waals surface area contributed by atoms with Crippen molar-refractivity contribution in [3.05, 3.63) is 113 Å². The van der Waals surface area contributed by atoms with Gasteiger partial charge in [0.25, 0.3) is 0 Å². The summed E-state index contributed by atoms with van der Waals surface area (Å²) >= 11 is 0. The van der Waals surface area contributed by atoms with Crippen molar-refractivity contribution in [1.82, 2.24) is 0 Å². The van der Waals surface area contributed by atoms with Crippen LogP contribution in [0.1, 0.15) is 16.7 Å². The Bertz CT molecular complexity index is 1400.